The number of esters is 1. The number of carbonyl (C=O) groups excluding carboxylic acids is 2. The molecule has 2 amide bonds. The number of benzene rings is 4. The summed E-state index contributed by atoms with van der Waals surface area (Å²) < 4.78 is 18.0. The fourth-order valence-electron chi connectivity index (χ4n) is 6.91. The number of methoxy groups -OCH3 is 1. The van der Waals surface area contributed by atoms with E-state index < -0.39 is 24.3 Å². The zero-order valence-corrected chi connectivity index (χ0v) is 28.9. The van der Waals surface area contributed by atoms with Crippen molar-refractivity contribution in [2.24, 2.45) is 0 Å². The Morgan fingerprint density at radius 1 is 0.863 bits per heavy atom. The van der Waals surface area contributed by atoms with Gasteiger partial charge in [-0.3, -0.25) is 4.90 Å². The average Bonchev–Trinajstić information content (AvgIpc) is 3.64. The molecule has 2 fully saturated rings. The number of nitrogens with one attached hydrogen (secondary N) is 2. The van der Waals surface area contributed by atoms with E-state index in [1.165, 1.54) is 7.11 Å². The highest BCUT2D eigenvalue weighted by Gasteiger charge is 2.35. The summed E-state index contributed by atoms with van der Waals surface area (Å²) >= 11 is 0. The quantitative estimate of drug-likeness (QED) is 0.137. The van der Waals surface area contributed by atoms with Crippen LogP contribution >= 0.6 is 0 Å². The second kappa shape index (κ2) is 17.6. The first kappa shape index (κ1) is 36.2. The summed E-state index contributed by atoms with van der Waals surface area (Å²) in [5.74, 6) is -0.506. The standard InChI is InChI=1S/C41H47N3O7/c1-49-39(47)37(22-28-7-3-2-4-8-28)43-41(48)42-24-30-9-5-10-34(21-30)31-16-18-33(19-17-31)40-50-36(25-44-20-6-11-35(44)27-46)23-38(51-40)32-14-12-29(26-45)13-15-32/h2-5,7-10,12-19,21,35-38,40,45-46H,6,11,20,22-27H2,1H3,(H2,42,43,48)/t35-,36-,37-,38+,40+/m0/s1. The average molecular weight is 694 g/mol. The van der Waals surface area contributed by atoms with Crippen molar-refractivity contribution in [3.63, 3.8) is 0 Å². The van der Waals surface area contributed by atoms with Gasteiger partial charge in [0.1, 0.15) is 6.04 Å². The summed E-state index contributed by atoms with van der Waals surface area (Å²) in [6.07, 6.45) is 2.24. The summed E-state index contributed by atoms with van der Waals surface area (Å²) in [6, 6.07) is 32.3. The number of urea groups is 1. The van der Waals surface area contributed by atoms with Crippen molar-refractivity contribution in [1.82, 2.24) is 15.5 Å². The molecule has 6 rings (SSSR count). The minimum atomic E-state index is -0.811. The van der Waals surface area contributed by atoms with E-state index in [-0.39, 0.29) is 38.0 Å². The van der Waals surface area contributed by atoms with E-state index in [1.54, 1.807) is 0 Å². The lowest BCUT2D eigenvalue weighted by atomic mass is 9.99. The maximum atomic E-state index is 12.8. The molecule has 2 saturated heterocycles. The minimum absolute atomic E-state index is 0.00850. The number of aliphatic hydroxyl groups excluding tert-OH is 2. The molecule has 4 N–H and O–H groups in total. The van der Waals surface area contributed by atoms with E-state index >= 15 is 0 Å². The van der Waals surface area contributed by atoms with Gasteiger partial charge in [-0.25, -0.2) is 9.59 Å². The van der Waals surface area contributed by atoms with Crippen LogP contribution in [-0.2, 0) is 38.6 Å². The van der Waals surface area contributed by atoms with Gasteiger partial charge in [-0.2, -0.15) is 0 Å². The Bertz CT molecular complexity index is 1720. The zero-order valence-electron chi connectivity index (χ0n) is 28.9. The van der Waals surface area contributed by atoms with Crippen molar-refractivity contribution in [3.05, 3.63) is 131 Å². The highest BCUT2D eigenvalue weighted by Crippen LogP contribution is 2.39. The first-order valence-electron chi connectivity index (χ1n) is 17.6. The van der Waals surface area contributed by atoms with Gasteiger partial charge in [0.25, 0.3) is 0 Å². The normalized spacial score (nSPS) is 21.2. The molecule has 0 bridgehead atoms. The summed E-state index contributed by atoms with van der Waals surface area (Å²) in [7, 11) is 1.31. The topological polar surface area (TPSA) is 130 Å². The lowest BCUT2D eigenvalue weighted by Gasteiger charge is -2.38. The maximum Gasteiger partial charge on any atom is 0.328 e. The van der Waals surface area contributed by atoms with Gasteiger partial charge in [-0.05, 0) is 58.8 Å². The fourth-order valence-corrected chi connectivity index (χ4v) is 6.91. The molecule has 0 radical (unpaired) electrons. The maximum absolute atomic E-state index is 12.8. The Hall–Kier alpha value is -4.58. The molecule has 0 aromatic heterocycles. The summed E-state index contributed by atoms with van der Waals surface area (Å²) in [5, 5.41) is 25.0. The van der Waals surface area contributed by atoms with Gasteiger partial charge in [0.05, 0.1) is 32.5 Å². The monoisotopic (exact) mass is 693 g/mol. The van der Waals surface area contributed by atoms with Crippen molar-refractivity contribution < 1.29 is 34.0 Å². The van der Waals surface area contributed by atoms with Gasteiger partial charge in [-0.15, -0.1) is 0 Å². The molecule has 0 saturated carbocycles. The van der Waals surface area contributed by atoms with Crippen molar-refractivity contribution in [3.8, 4) is 11.1 Å². The smallest absolute Gasteiger partial charge is 0.328 e. The molecule has 4 aromatic carbocycles. The summed E-state index contributed by atoms with van der Waals surface area (Å²) in [4.78, 5) is 27.5. The van der Waals surface area contributed by atoms with Gasteiger partial charge in [-0.1, -0.05) is 97.1 Å². The summed E-state index contributed by atoms with van der Waals surface area (Å²) in [5.41, 5.74) is 6.62. The molecular weight excluding hydrogens is 646 g/mol. The van der Waals surface area contributed by atoms with E-state index in [2.05, 4.69) is 15.5 Å². The predicted octanol–water partition coefficient (Wildman–Crippen LogP) is 5.43. The highest BCUT2D eigenvalue weighted by atomic mass is 16.7. The lowest BCUT2D eigenvalue weighted by molar-refractivity contribution is -0.253. The number of hydrogen-bond donors (Lipinski definition) is 4. The van der Waals surface area contributed by atoms with Crippen molar-refractivity contribution >= 4 is 12.0 Å². The second-order valence-electron chi connectivity index (χ2n) is 13.2. The SMILES string of the molecule is COC(=O)[C@H](Cc1ccccc1)NC(=O)NCc1cccc(-c2ccc([C@@H]3O[C@H](CN4CCC[C@H]4CO)C[C@H](c4ccc(CO)cc4)O3)cc2)c1. The lowest BCUT2D eigenvalue weighted by Crippen LogP contribution is -2.47. The predicted molar refractivity (Wildman–Crippen MR) is 193 cm³/mol. The van der Waals surface area contributed by atoms with E-state index in [4.69, 9.17) is 14.2 Å². The minimum Gasteiger partial charge on any atom is -0.467 e. The third-order valence-corrected chi connectivity index (χ3v) is 9.73. The number of amides is 2. The molecule has 2 aliphatic heterocycles. The van der Waals surface area contributed by atoms with Crippen LogP contribution in [0.5, 0.6) is 0 Å². The van der Waals surface area contributed by atoms with Crippen LogP contribution in [0.25, 0.3) is 11.1 Å². The van der Waals surface area contributed by atoms with Gasteiger partial charge in [0.2, 0.25) is 0 Å². The number of aliphatic hydroxyl groups is 2. The van der Waals surface area contributed by atoms with Gasteiger partial charge in [0.15, 0.2) is 6.29 Å². The molecule has 268 valence electrons. The van der Waals surface area contributed by atoms with Crippen LogP contribution in [0.2, 0.25) is 0 Å². The molecule has 5 atom stereocenters. The number of hydrogen-bond acceptors (Lipinski definition) is 8. The van der Waals surface area contributed by atoms with Crippen molar-refractivity contribution in [1.29, 1.82) is 0 Å². The van der Waals surface area contributed by atoms with Crippen molar-refractivity contribution in [2.75, 3.05) is 26.8 Å². The Labute approximate surface area is 299 Å². The Morgan fingerprint density at radius 2 is 1.61 bits per heavy atom. The van der Waals surface area contributed by atoms with Gasteiger partial charge in [0, 0.05) is 37.5 Å². The molecule has 51 heavy (non-hydrogen) atoms. The largest absolute Gasteiger partial charge is 0.467 e. The number of ether oxygens (including phenoxy) is 3. The van der Waals surface area contributed by atoms with Crippen LogP contribution in [0, 0.1) is 0 Å². The van der Waals surface area contributed by atoms with Gasteiger partial charge < -0.3 is 35.1 Å². The van der Waals surface area contributed by atoms with Crippen LogP contribution < -0.4 is 10.6 Å². The molecule has 4 aromatic rings. The van der Waals surface area contributed by atoms with Crippen LogP contribution in [0.15, 0.2) is 103 Å². The first-order valence-corrected chi connectivity index (χ1v) is 17.6. The molecule has 10 nitrogen and oxygen atoms in total. The summed E-state index contributed by atoms with van der Waals surface area (Å²) in [6.45, 7) is 2.09. The number of carbonyl (C=O) groups is 2. The van der Waals surface area contributed by atoms with Crippen LogP contribution in [-0.4, -0.2) is 72.1 Å². The van der Waals surface area contributed by atoms with Crippen molar-refractivity contribution in [2.45, 2.75) is 69.4 Å². The van der Waals surface area contributed by atoms with E-state index in [0.29, 0.717) is 12.8 Å². The number of nitrogens with zero attached hydrogens (tertiary/aromatic N) is 1. The molecule has 2 heterocycles. The fraction of sp³-hybridized carbons (Fsp3) is 0.366. The van der Waals surface area contributed by atoms with Crippen LogP contribution in [0.3, 0.4) is 0 Å². The number of rotatable bonds is 13. The molecule has 2 aliphatic rings. The molecule has 0 aliphatic carbocycles. The number of likely N-dealkylation sites (tertiary alicyclic amines) is 1. The Kier molecular flexibility index (Phi) is 12.5. The van der Waals surface area contributed by atoms with Gasteiger partial charge >= 0.3 is 12.0 Å². The third kappa shape index (κ3) is 9.61. The zero-order chi connectivity index (χ0) is 35.6. The second-order valence-corrected chi connectivity index (χ2v) is 13.2. The van der Waals surface area contributed by atoms with E-state index in [0.717, 1.165) is 64.9 Å². The van der Waals surface area contributed by atoms with Crippen LogP contribution in [0.4, 0.5) is 4.79 Å². The first-order chi connectivity index (χ1) is 24.9. The molecule has 0 spiro atoms. The van der Waals surface area contributed by atoms with E-state index in [9.17, 15) is 19.8 Å². The highest BCUT2D eigenvalue weighted by molar-refractivity contribution is 5.83. The van der Waals surface area contributed by atoms with Crippen LogP contribution in [0.1, 0.15) is 59.5 Å². The Morgan fingerprint density at radius 3 is 2.33 bits per heavy atom. The third-order valence-electron chi connectivity index (χ3n) is 9.73. The van der Waals surface area contributed by atoms with E-state index in [1.807, 2.05) is 103 Å². The Balaban J connectivity index is 1.10. The molecular formula is C41H47N3O7. The molecule has 10 heteroatoms. The molecule has 0 unspecified atom stereocenters.